The molecule has 1 aromatic heterocycles. The van der Waals surface area contributed by atoms with Gasteiger partial charge in [-0.25, -0.2) is 0 Å². The Bertz CT molecular complexity index is 417. The third-order valence-corrected chi connectivity index (χ3v) is 4.26. The molecule has 1 saturated carbocycles. The number of hydrogen-bond donors (Lipinski definition) is 3. The van der Waals surface area contributed by atoms with Crippen LogP contribution < -0.4 is 11.1 Å². The van der Waals surface area contributed by atoms with Gasteiger partial charge in [0.2, 0.25) is 5.91 Å². The normalized spacial score (nSPS) is 16.9. The average Bonchev–Trinajstić information content (AvgIpc) is 2.75. The number of aromatic nitrogens is 2. The first-order valence-electron chi connectivity index (χ1n) is 7.11. The van der Waals surface area contributed by atoms with Gasteiger partial charge in [-0.1, -0.05) is 6.42 Å². The van der Waals surface area contributed by atoms with E-state index in [1.165, 1.54) is 12.0 Å². The molecular formula is C14H24N4O. The fourth-order valence-corrected chi connectivity index (χ4v) is 2.67. The van der Waals surface area contributed by atoms with Gasteiger partial charge in [-0.2, -0.15) is 5.10 Å². The van der Waals surface area contributed by atoms with E-state index in [1.807, 2.05) is 13.1 Å². The molecule has 1 aliphatic carbocycles. The lowest BCUT2D eigenvalue weighted by Gasteiger charge is -2.40. The number of carbonyl (C=O) groups excluding carboxylic acids is 1. The molecule has 1 aliphatic rings. The van der Waals surface area contributed by atoms with Crippen molar-refractivity contribution in [3.63, 3.8) is 0 Å². The van der Waals surface area contributed by atoms with Crippen LogP contribution in [0.2, 0.25) is 0 Å². The molecule has 2 rings (SSSR count). The Balaban J connectivity index is 1.63. The molecule has 5 heteroatoms. The van der Waals surface area contributed by atoms with Crippen LogP contribution in [0.4, 0.5) is 0 Å². The Morgan fingerprint density at radius 1 is 1.58 bits per heavy atom. The first kappa shape index (κ1) is 14.1. The second-order valence-electron chi connectivity index (χ2n) is 5.71. The zero-order valence-electron chi connectivity index (χ0n) is 11.7. The number of H-pyrrole nitrogens is 1. The summed E-state index contributed by atoms with van der Waals surface area (Å²) in [6, 6.07) is 0. The van der Waals surface area contributed by atoms with Crippen molar-refractivity contribution in [2.75, 3.05) is 13.1 Å². The standard InChI is InChI=1S/C14H24N4O/c1-11-12(9-17-18-11)4-2-7-16-13(19)8-14(10-15)5-3-6-14/h9H,2-8,10,15H2,1H3,(H,16,19)(H,17,18). The monoisotopic (exact) mass is 264 g/mol. The summed E-state index contributed by atoms with van der Waals surface area (Å²) in [7, 11) is 0. The highest BCUT2D eigenvalue weighted by molar-refractivity contribution is 5.76. The number of aromatic amines is 1. The molecule has 1 amide bonds. The molecule has 106 valence electrons. The van der Waals surface area contributed by atoms with Gasteiger partial charge in [0.15, 0.2) is 0 Å². The van der Waals surface area contributed by atoms with E-state index < -0.39 is 0 Å². The van der Waals surface area contributed by atoms with Crippen LogP contribution in [0, 0.1) is 12.3 Å². The van der Waals surface area contributed by atoms with Gasteiger partial charge < -0.3 is 11.1 Å². The summed E-state index contributed by atoms with van der Waals surface area (Å²) < 4.78 is 0. The van der Waals surface area contributed by atoms with Crippen molar-refractivity contribution in [1.82, 2.24) is 15.5 Å². The number of nitrogens with zero attached hydrogens (tertiary/aromatic N) is 1. The van der Waals surface area contributed by atoms with Crippen molar-refractivity contribution >= 4 is 5.91 Å². The second kappa shape index (κ2) is 6.19. The van der Waals surface area contributed by atoms with Gasteiger partial charge in [0.05, 0.1) is 6.20 Å². The van der Waals surface area contributed by atoms with Gasteiger partial charge >= 0.3 is 0 Å². The molecule has 1 fully saturated rings. The Morgan fingerprint density at radius 3 is 2.89 bits per heavy atom. The topological polar surface area (TPSA) is 83.8 Å². The smallest absolute Gasteiger partial charge is 0.220 e. The van der Waals surface area contributed by atoms with Crippen LogP contribution in [0.3, 0.4) is 0 Å². The lowest BCUT2D eigenvalue weighted by atomic mass is 9.66. The van der Waals surface area contributed by atoms with Crippen LogP contribution in [0.15, 0.2) is 6.20 Å². The van der Waals surface area contributed by atoms with Crippen LogP contribution in [0.1, 0.15) is 43.4 Å². The van der Waals surface area contributed by atoms with Gasteiger partial charge in [-0.05, 0) is 50.1 Å². The van der Waals surface area contributed by atoms with E-state index >= 15 is 0 Å². The Labute approximate surface area is 114 Å². The minimum Gasteiger partial charge on any atom is -0.356 e. The Hall–Kier alpha value is -1.36. The first-order valence-corrected chi connectivity index (χ1v) is 7.11. The predicted octanol–water partition coefficient (Wildman–Crippen LogP) is 1.29. The predicted molar refractivity (Wildman–Crippen MR) is 74.6 cm³/mol. The minimum absolute atomic E-state index is 0.102. The number of rotatable bonds is 7. The molecule has 0 radical (unpaired) electrons. The van der Waals surface area contributed by atoms with Crippen molar-refractivity contribution in [2.24, 2.45) is 11.1 Å². The maximum Gasteiger partial charge on any atom is 0.220 e. The fourth-order valence-electron chi connectivity index (χ4n) is 2.67. The van der Waals surface area contributed by atoms with Gasteiger partial charge in [0.25, 0.3) is 0 Å². The van der Waals surface area contributed by atoms with Crippen molar-refractivity contribution in [2.45, 2.75) is 45.4 Å². The maximum absolute atomic E-state index is 11.9. The van der Waals surface area contributed by atoms with E-state index in [0.717, 1.165) is 37.9 Å². The maximum atomic E-state index is 11.9. The van der Waals surface area contributed by atoms with Gasteiger partial charge in [-0.15, -0.1) is 0 Å². The number of carbonyl (C=O) groups is 1. The van der Waals surface area contributed by atoms with E-state index in [4.69, 9.17) is 5.73 Å². The molecule has 19 heavy (non-hydrogen) atoms. The van der Waals surface area contributed by atoms with Crippen molar-refractivity contribution < 1.29 is 4.79 Å². The lowest BCUT2D eigenvalue weighted by Crippen LogP contribution is -2.42. The molecular weight excluding hydrogens is 240 g/mol. The summed E-state index contributed by atoms with van der Waals surface area (Å²) in [5.74, 6) is 0.147. The first-order chi connectivity index (χ1) is 9.15. The minimum atomic E-state index is 0.102. The number of hydrogen-bond acceptors (Lipinski definition) is 3. The van der Waals surface area contributed by atoms with Crippen LogP contribution in [0.25, 0.3) is 0 Å². The SMILES string of the molecule is Cc1[nH]ncc1CCCNC(=O)CC1(CN)CCC1. The molecule has 1 heterocycles. The summed E-state index contributed by atoms with van der Waals surface area (Å²) in [5, 5.41) is 9.91. The number of amides is 1. The molecule has 0 spiro atoms. The number of aryl methyl sites for hydroxylation is 2. The van der Waals surface area contributed by atoms with Crippen LogP contribution in [-0.2, 0) is 11.2 Å². The van der Waals surface area contributed by atoms with E-state index in [1.54, 1.807) is 0 Å². The molecule has 0 aromatic carbocycles. The van der Waals surface area contributed by atoms with Gasteiger partial charge in [0.1, 0.15) is 0 Å². The summed E-state index contributed by atoms with van der Waals surface area (Å²) in [6.45, 7) is 3.38. The molecule has 0 unspecified atom stereocenters. The Morgan fingerprint density at radius 2 is 2.37 bits per heavy atom. The van der Waals surface area contributed by atoms with Crippen molar-refractivity contribution in [3.05, 3.63) is 17.5 Å². The van der Waals surface area contributed by atoms with Crippen LogP contribution in [0.5, 0.6) is 0 Å². The van der Waals surface area contributed by atoms with E-state index in [0.29, 0.717) is 13.0 Å². The largest absolute Gasteiger partial charge is 0.356 e. The molecule has 1 aromatic rings. The average molecular weight is 264 g/mol. The summed E-state index contributed by atoms with van der Waals surface area (Å²) in [4.78, 5) is 11.9. The molecule has 0 saturated heterocycles. The van der Waals surface area contributed by atoms with Crippen molar-refractivity contribution in [3.8, 4) is 0 Å². The molecule has 0 aliphatic heterocycles. The fraction of sp³-hybridized carbons (Fsp3) is 0.714. The van der Waals surface area contributed by atoms with E-state index in [2.05, 4.69) is 15.5 Å². The highest BCUT2D eigenvalue weighted by Crippen LogP contribution is 2.42. The number of nitrogens with two attached hydrogens (primary N) is 1. The lowest BCUT2D eigenvalue weighted by molar-refractivity contribution is -0.124. The summed E-state index contributed by atoms with van der Waals surface area (Å²) in [6.07, 6.45) is 7.76. The molecule has 0 bridgehead atoms. The zero-order chi connectivity index (χ0) is 13.7. The highest BCUT2D eigenvalue weighted by Gasteiger charge is 2.37. The van der Waals surface area contributed by atoms with Crippen molar-refractivity contribution in [1.29, 1.82) is 0 Å². The number of nitrogens with one attached hydrogen (secondary N) is 2. The third-order valence-electron chi connectivity index (χ3n) is 4.26. The van der Waals surface area contributed by atoms with E-state index in [9.17, 15) is 4.79 Å². The highest BCUT2D eigenvalue weighted by atomic mass is 16.1. The molecule has 5 nitrogen and oxygen atoms in total. The van der Waals surface area contributed by atoms with Crippen LogP contribution in [-0.4, -0.2) is 29.2 Å². The summed E-state index contributed by atoms with van der Waals surface area (Å²) in [5.41, 5.74) is 8.21. The second-order valence-corrected chi connectivity index (χ2v) is 5.71. The Kier molecular flexibility index (Phi) is 4.58. The third kappa shape index (κ3) is 3.56. The quantitative estimate of drug-likeness (QED) is 0.649. The van der Waals surface area contributed by atoms with Gasteiger partial charge in [-0.3, -0.25) is 9.89 Å². The zero-order valence-corrected chi connectivity index (χ0v) is 11.7. The molecule has 0 atom stereocenters. The molecule has 4 N–H and O–H groups in total. The van der Waals surface area contributed by atoms with Crippen LogP contribution >= 0.6 is 0 Å². The van der Waals surface area contributed by atoms with Gasteiger partial charge in [0, 0.05) is 18.7 Å². The summed E-state index contributed by atoms with van der Waals surface area (Å²) >= 11 is 0. The van der Waals surface area contributed by atoms with E-state index in [-0.39, 0.29) is 11.3 Å².